The van der Waals surface area contributed by atoms with Crippen LogP contribution in [-0.4, -0.2) is 32.5 Å². The third-order valence-corrected chi connectivity index (χ3v) is 6.21. The number of thioether (sulfide) groups is 1. The minimum absolute atomic E-state index is 0.0950. The fourth-order valence-electron chi connectivity index (χ4n) is 2.55. The summed E-state index contributed by atoms with van der Waals surface area (Å²) < 4.78 is 27.6. The maximum Gasteiger partial charge on any atom is 0.240 e. The van der Waals surface area contributed by atoms with Gasteiger partial charge in [0, 0.05) is 18.3 Å². The second-order valence-electron chi connectivity index (χ2n) is 5.00. The molecule has 0 spiro atoms. The summed E-state index contributed by atoms with van der Waals surface area (Å²) in [6.45, 7) is 0.895. The molecule has 1 saturated heterocycles. The molecule has 0 atom stereocenters. The number of nitrogens with one attached hydrogen (secondary N) is 2. The SMILES string of the molecule is O=S(=O)(NC1CCSCC1)c1ccc2c(c1)CCN2. The number of hydrogen-bond acceptors (Lipinski definition) is 4. The van der Waals surface area contributed by atoms with E-state index < -0.39 is 10.0 Å². The first-order valence-electron chi connectivity index (χ1n) is 6.62. The third kappa shape index (κ3) is 2.90. The molecule has 6 heteroatoms. The summed E-state index contributed by atoms with van der Waals surface area (Å²) in [7, 11) is -3.37. The summed E-state index contributed by atoms with van der Waals surface area (Å²) in [4.78, 5) is 0.396. The van der Waals surface area contributed by atoms with E-state index in [0.717, 1.165) is 48.6 Å². The largest absolute Gasteiger partial charge is 0.384 e. The van der Waals surface area contributed by atoms with Gasteiger partial charge in [-0.1, -0.05) is 0 Å². The van der Waals surface area contributed by atoms with E-state index in [2.05, 4.69) is 10.0 Å². The van der Waals surface area contributed by atoms with E-state index in [0.29, 0.717) is 4.90 Å². The van der Waals surface area contributed by atoms with Crippen LogP contribution in [0.3, 0.4) is 0 Å². The monoisotopic (exact) mass is 298 g/mol. The molecule has 104 valence electrons. The van der Waals surface area contributed by atoms with Crippen molar-refractivity contribution < 1.29 is 8.42 Å². The van der Waals surface area contributed by atoms with Crippen molar-refractivity contribution in [3.05, 3.63) is 23.8 Å². The Morgan fingerprint density at radius 3 is 2.84 bits per heavy atom. The van der Waals surface area contributed by atoms with Crippen molar-refractivity contribution >= 4 is 27.5 Å². The number of benzene rings is 1. The van der Waals surface area contributed by atoms with Crippen LogP contribution in [0.1, 0.15) is 18.4 Å². The Kier molecular flexibility index (Phi) is 3.73. The highest BCUT2D eigenvalue weighted by Crippen LogP contribution is 2.26. The van der Waals surface area contributed by atoms with Crippen molar-refractivity contribution in [1.29, 1.82) is 0 Å². The smallest absolute Gasteiger partial charge is 0.240 e. The van der Waals surface area contributed by atoms with E-state index in [1.54, 1.807) is 12.1 Å². The molecule has 1 fully saturated rings. The van der Waals surface area contributed by atoms with E-state index in [-0.39, 0.29) is 6.04 Å². The summed E-state index contributed by atoms with van der Waals surface area (Å²) >= 11 is 1.89. The molecule has 1 aromatic carbocycles. The minimum atomic E-state index is -3.37. The normalized spacial score (nSPS) is 20.0. The first-order valence-corrected chi connectivity index (χ1v) is 9.26. The third-order valence-electron chi connectivity index (χ3n) is 3.64. The summed E-state index contributed by atoms with van der Waals surface area (Å²) in [5.41, 5.74) is 2.16. The van der Waals surface area contributed by atoms with Crippen LogP contribution in [0.15, 0.2) is 23.1 Å². The molecule has 2 N–H and O–H groups in total. The topological polar surface area (TPSA) is 58.2 Å². The van der Waals surface area contributed by atoms with Gasteiger partial charge in [-0.2, -0.15) is 11.8 Å². The summed E-state index contributed by atoms with van der Waals surface area (Å²) in [5.74, 6) is 2.09. The van der Waals surface area contributed by atoms with Crippen LogP contribution >= 0.6 is 11.8 Å². The van der Waals surface area contributed by atoms with E-state index in [9.17, 15) is 8.42 Å². The Labute approximate surface area is 118 Å². The van der Waals surface area contributed by atoms with Crippen LogP contribution in [-0.2, 0) is 16.4 Å². The number of fused-ring (bicyclic) bond motifs is 1. The van der Waals surface area contributed by atoms with Crippen molar-refractivity contribution in [2.24, 2.45) is 0 Å². The van der Waals surface area contributed by atoms with Crippen LogP contribution in [0.4, 0.5) is 5.69 Å². The molecule has 0 aliphatic carbocycles. The number of anilines is 1. The summed E-state index contributed by atoms with van der Waals surface area (Å²) in [6.07, 6.45) is 2.76. The summed E-state index contributed by atoms with van der Waals surface area (Å²) in [5, 5.41) is 3.24. The second kappa shape index (κ2) is 5.34. The van der Waals surface area contributed by atoms with E-state index in [1.165, 1.54) is 0 Å². The van der Waals surface area contributed by atoms with Gasteiger partial charge in [-0.15, -0.1) is 0 Å². The maximum absolute atomic E-state index is 12.4. The fourth-order valence-corrected chi connectivity index (χ4v) is 5.01. The van der Waals surface area contributed by atoms with Gasteiger partial charge in [0.25, 0.3) is 0 Å². The Balaban J connectivity index is 1.79. The lowest BCUT2D eigenvalue weighted by Crippen LogP contribution is -2.37. The average Bonchev–Trinajstić information content (AvgIpc) is 2.86. The lowest BCUT2D eigenvalue weighted by Gasteiger charge is -2.22. The maximum atomic E-state index is 12.4. The number of rotatable bonds is 3. The van der Waals surface area contributed by atoms with Gasteiger partial charge in [0.15, 0.2) is 0 Å². The zero-order valence-electron chi connectivity index (χ0n) is 10.7. The van der Waals surface area contributed by atoms with Crippen molar-refractivity contribution in [3.8, 4) is 0 Å². The van der Waals surface area contributed by atoms with E-state index in [1.807, 2.05) is 17.8 Å². The van der Waals surface area contributed by atoms with Crippen LogP contribution in [0.2, 0.25) is 0 Å². The molecule has 2 heterocycles. The highest BCUT2D eigenvalue weighted by atomic mass is 32.2. The molecule has 2 aliphatic heterocycles. The molecule has 0 amide bonds. The molecular formula is C13H18N2O2S2. The van der Waals surface area contributed by atoms with Gasteiger partial charge in [0.1, 0.15) is 0 Å². The molecular weight excluding hydrogens is 280 g/mol. The fraction of sp³-hybridized carbons (Fsp3) is 0.538. The van der Waals surface area contributed by atoms with Gasteiger partial charge in [-0.3, -0.25) is 0 Å². The molecule has 3 rings (SSSR count). The molecule has 4 nitrogen and oxygen atoms in total. The Bertz CT molecular complexity index is 566. The van der Waals surface area contributed by atoms with Crippen molar-refractivity contribution in [1.82, 2.24) is 4.72 Å². The van der Waals surface area contributed by atoms with Gasteiger partial charge in [0.05, 0.1) is 4.90 Å². The molecule has 1 aromatic rings. The zero-order valence-corrected chi connectivity index (χ0v) is 12.3. The molecule has 0 saturated carbocycles. The van der Waals surface area contributed by atoms with Crippen LogP contribution < -0.4 is 10.0 Å². The van der Waals surface area contributed by atoms with E-state index in [4.69, 9.17) is 0 Å². The Morgan fingerprint density at radius 2 is 2.05 bits per heavy atom. The van der Waals surface area contributed by atoms with Crippen molar-refractivity contribution in [2.75, 3.05) is 23.4 Å². The Morgan fingerprint density at radius 1 is 1.26 bits per heavy atom. The van der Waals surface area contributed by atoms with Gasteiger partial charge >= 0.3 is 0 Å². The zero-order chi connectivity index (χ0) is 13.3. The van der Waals surface area contributed by atoms with Gasteiger partial charge in [0.2, 0.25) is 10.0 Å². The van der Waals surface area contributed by atoms with Gasteiger partial charge < -0.3 is 5.32 Å². The predicted octanol–water partition coefficient (Wildman–Crippen LogP) is 1.83. The molecule has 0 unspecified atom stereocenters. The summed E-state index contributed by atoms with van der Waals surface area (Å²) in [6, 6.07) is 5.46. The van der Waals surface area contributed by atoms with Crippen molar-refractivity contribution in [2.45, 2.75) is 30.2 Å². The lowest BCUT2D eigenvalue weighted by atomic mass is 10.2. The predicted molar refractivity (Wildman–Crippen MR) is 79.3 cm³/mol. The van der Waals surface area contributed by atoms with Crippen molar-refractivity contribution in [3.63, 3.8) is 0 Å². The average molecular weight is 298 g/mol. The minimum Gasteiger partial charge on any atom is -0.384 e. The van der Waals surface area contributed by atoms with Gasteiger partial charge in [-0.05, 0) is 54.5 Å². The Hall–Kier alpha value is -0.720. The van der Waals surface area contributed by atoms with E-state index >= 15 is 0 Å². The molecule has 19 heavy (non-hydrogen) atoms. The molecule has 0 aromatic heterocycles. The van der Waals surface area contributed by atoms with Crippen LogP contribution in [0, 0.1) is 0 Å². The first kappa shape index (κ1) is 13.3. The van der Waals surface area contributed by atoms with Crippen LogP contribution in [0.25, 0.3) is 0 Å². The standard InChI is InChI=1S/C13H18N2O2S2/c16-19(17,15-11-4-7-18-8-5-11)12-1-2-13-10(9-12)3-6-14-13/h1-2,9,11,14-15H,3-8H2. The highest BCUT2D eigenvalue weighted by Gasteiger charge is 2.23. The van der Waals surface area contributed by atoms with Gasteiger partial charge in [-0.25, -0.2) is 13.1 Å². The number of hydrogen-bond donors (Lipinski definition) is 2. The highest BCUT2D eigenvalue weighted by molar-refractivity contribution is 7.99. The quantitative estimate of drug-likeness (QED) is 0.894. The molecule has 0 bridgehead atoms. The second-order valence-corrected chi connectivity index (χ2v) is 7.94. The molecule has 0 radical (unpaired) electrons. The number of sulfonamides is 1. The first-order chi connectivity index (χ1) is 9.15. The molecule has 2 aliphatic rings. The lowest BCUT2D eigenvalue weighted by molar-refractivity contribution is 0.529. The van der Waals surface area contributed by atoms with Crippen LogP contribution in [0.5, 0.6) is 0 Å².